The van der Waals surface area contributed by atoms with Gasteiger partial charge >= 0.3 is 17.9 Å². The van der Waals surface area contributed by atoms with E-state index in [9.17, 15) is 24.0 Å². The van der Waals surface area contributed by atoms with E-state index >= 15 is 0 Å². The summed E-state index contributed by atoms with van der Waals surface area (Å²) in [6, 6.07) is 41.2. The van der Waals surface area contributed by atoms with E-state index in [1.165, 1.54) is 10.9 Å². The zero-order valence-electron chi connectivity index (χ0n) is 31.0. The standard InChI is InChI=1S/C45H33N5O9/c51-40(29-16-6-1-7-17-29)50(41(52)30-18-8-2-9-19-30)39-35-38(46-27-47-39)49(28-48-35)42-37(59-45(55)33-24-14-5-15-25-33)36(58-44(54)32-22-12-4-13-23-32)34(57-42)26-56-43(53)31-20-10-3-11-21-31/h1-25,27-28,34,36-37,42H,26H2. The fraction of sp³-hybridized carbons (Fsp3) is 0.111. The molecule has 14 nitrogen and oxygen atoms in total. The fourth-order valence-corrected chi connectivity index (χ4v) is 6.57. The van der Waals surface area contributed by atoms with Crippen LogP contribution < -0.4 is 4.90 Å². The summed E-state index contributed by atoms with van der Waals surface area (Å²) < 4.78 is 25.8. The van der Waals surface area contributed by atoms with Crippen molar-refractivity contribution in [2.24, 2.45) is 0 Å². The molecule has 4 unspecified atom stereocenters. The maximum atomic E-state index is 14.1. The Balaban J connectivity index is 1.21. The first-order valence-electron chi connectivity index (χ1n) is 18.4. The van der Waals surface area contributed by atoms with Crippen LogP contribution in [-0.4, -0.2) is 74.2 Å². The molecule has 2 amide bonds. The van der Waals surface area contributed by atoms with Crippen LogP contribution in [0.25, 0.3) is 11.2 Å². The number of anilines is 1. The van der Waals surface area contributed by atoms with Crippen molar-refractivity contribution in [3.8, 4) is 0 Å². The van der Waals surface area contributed by atoms with Crippen molar-refractivity contribution in [3.63, 3.8) is 0 Å². The second-order valence-electron chi connectivity index (χ2n) is 13.2. The number of nitrogens with zero attached hydrogens (tertiary/aromatic N) is 5. The zero-order valence-corrected chi connectivity index (χ0v) is 31.0. The molecular weight excluding hydrogens is 755 g/mol. The van der Waals surface area contributed by atoms with E-state index in [1.807, 2.05) is 0 Å². The Kier molecular flexibility index (Phi) is 11.0. The number of imidazole rings is 1. The third-order valence-corrected chi connectivity index (χ3v) is 9.45. The van der Waals surface area contributed by atoms with E-state index in [1.54, 1.807) is 152 Å². The van der Waals surface area contributed by atoms with E-state index < -0.39 is 60.9 Å². The number of hydrogen-bond acceptors (Lipinski definition) is 12. The third kappa shape index (κ3) is 8.06. The number of amides is 2. The summed E-state index contributed by atoms with van der Waals surface area (Å²) in [5.41, 5.74) is 1.21. The Morgan fingerprint density at radius 1 is 0.542 bits per heavy atom. The summed E-state index contributed by atoms with van der Waals surface area (Å²) in [5.74, 6) is -3.66. The van der Waals surface area contributed by atoms with Crippen molar-refractivity contribution in [1.29, 1.82) is 0 Å². The Morgan fingerprint density at radius 3 is 1.47 bits per heavy atom. The molecule has 292 valence electrons. The molecule has 0 N–H and O–H groups in total. The molecule has 0 saturated carbocycles. The van der Waals surface area contributed by atoms with Gasteiger partial charge in [-0.25, -0.2) is 34.2 Å². The molecule has 8 rings (SSSR count). The van der Waals surface area contributed by atoms with Crippen LogP contribution in [0.3, 0.4) is 0 Å². The molecule has 1 saturated heterocycles. The molecule has 0 spiro atoms. The molecular formula is C45H33N5O9. The van der Waals surface area contributed by atoms with Crippen LogP contribution in [0, 0.1) is 0 Å². The number of benzene rings is 5. The number of rotatable bonds is 11. The third-order valence-electron chi connectivity index (χ3n) is 9.45. The predicted molar refractivity (Wildman–Crippen MR) is 211 cm³/mol. The largest absolute Gasteiger partial charge is 0.459 e. The van der Waals surface area contributed by atoms with Crippen LogP contribution in [0.2, 0.25) is 0 Å². The summed E-state index contributed by atoms with van der Waals surface area (Å²) in [4.78, 5) is 83.2. The first kappa shape index (κ1) is 38.1. The van der Waals surface area contributed by atoms with Crippen molar-refractivity contribution in [3.05, 3.63) is 192 Å². The van der Waals surface area contributed by atoms with Crippen LogP contribution in [0.15, 0.2) is 164 Å². The van der Waals surface area contributed by atoms with Gasteiger partial charge in [-0.1, -0.05) is 91.0 Å². The van der Waals surface area contributed by atoms with E-state index in [-0.39, 0.29) is 44.8 Å². The van der Waals surface area contributed by atoms with Gasteiger partial charge in [0.15, 0.2) is 35.4 Å². The maximum absolute atomic E-state index is 14.1. The summed E-state index contributed by atoms with van der Waals surface area (Å²) in [5, 5.41) is 0. The Hall–Kier alpha value is -7.84. The molecule has 0 radical (unpaired) electrons. The molecule has 0 bridgehead atoms. The highest BCUT2D eigenvalue weighted by Crippen LogP contribution is 2.38. The summed E-state index contributed by atoms with van der Waals surface area (Å²) in [6.07, 6.45) is -2.76. The van der Waals surface area contributed by atoms with E-state index in [0.717, 1.165) is 11.2 Å². The number of ether oxygens (including phenoxy) is 4. The molecule has 0 aliphatic carbocycles. The molecule has 5 aromatic carbocycles. The van der Waals surface area contributed by atoms with Crippen molar-refractivity contribution < 1.29 is 42.9 Å². The van der Waals surface area contributed by atoms with Gasteiger partial charge in [-0.05, 0) is 60.7 Å². The van der Waals surface area contributed by atoms with Crippen LogP contribution in [0.1, 0.15) is 58.0 Å². The highest BCUT2D eigenvalue weighted by molar-refractivity contribution is 6.27. The molecule has 14 heteroatoms. The minimum absolute atomic E-state index is 0.0228. The van der Waals surface area contributed by atoms with Gasteiger partial charge in [0.05, 0.1) is 23.0 Å². The maximum Gasteiger partial charge on any atom is 0.338 e. The van der Waals surface area contributed by atoms with Gasteiger partial charge in [0.2, 0.25) is 0 Å². The fourth-order valence-electron chi connectivity index (χ4n) is 6.57. The van der Waals surface area contributed by atoms with E-state index in [4.69, 9.17) is 18.9 Å². The summed E-state index contributed by atoms with van der Waals surface area (Å²) >= 11 is 0. The smallest absolute Gasteiger partial charge is 0.338 e. The first-order valence-corrected chi connectivity index (χ1v) is 18.4. The van der Waals surface area contributed by atoms with Gasteiger partial charge in [0.1, 0.15) is 19.0 Å². The number of fused-ring (bicyclic) bond motifs is 1. The molecule has 4 atom stereocenters. The quantitative estimate of drug-likeness (QED) is 0.0792. The minimum Gasteiger partial charge on any atom is -0.459 e. The Labute approximate surface area is 336 Å². The topological polar surface area (TPSA) is 169 Å². The van der Waals surface area contributed by atoms with Crippen LogP contribution in [-0.2, 0) is 18.9 Å². The number of aromatic nitrogens is 4. The van der Waals surface area contributed by atoms with Crippen LogP contribution in [0.5, 0.6) is 0 Å². The van der Waals surface area contributed by atoms with Crippen molar-refractivity contribution in [2.45, 2.75) is 24.5 Å². The van der Waals surface area contributed by atoms with E-state index in [0.29, 0.717) is 0 Å². The van der Waals surface area contributed by atoms with Crippen LogP contribution >= 0.6 is 0 Å². The lowest BCUT2D eigenvalue weighted by Crippen LogP contribution is -2.41. The van der Waals surface area contributed by atoms with Gasteiger partial charge in [-0.3, -0.25) is 14.2 Å². The zero-order chi connectivity index (χ0) is 40.7. The second-order valence-corrected chi connectivity index (χ2v) is 13.2. The average Bonchev–Trinajstić information content (AvgIpc) is 3.88. The lowest BCUT2D eigenvalue weighted by molar-refractivity contribution is -0.0606. The molecule has 7 aromatic rings. The number of carbonyl (C=O) groups is 5. The summed E-state index contributed by atoms with van der Waals surface area (Å²) in [6.45, 7) is -0.422. The van der Waals surface area contributed by atoms with Gasteiger partial charge in [0.25, 0.3) is 11.8 Å². The number of imide groups is 1. The minimum atomic E-state index is -1.39. The molecule has 1 aliphatic heterocycles. The monoisotopic (exact) mass is 787 g/mol. The van der Waals surface area contributed by atoms with Crippen LogP contribution in [0.4, 0.5) is 5.82 Å². The highest BCUT2D eigenvalue weighted by atomic mass is 16.7. The molecule has 1 fully saturated rings. The Morgan fingerprint density at radius 2 is 0.983 bits per heavy atom. The van der Waals surface area contributed by atoms with Crippen molar-refractivity contribution >= 4 is 46.7 Å². The molecule has 2 aromatic heterocycles. The lowest BCUT2D eigenvalue weighted by Gasteiger charge is -2.25. The van der Waals surface area contributed by atoms with Gasteiger partial charge < -0.3 is 18.9 Å². The Bertz CT molecular complexity index is 2560. The second kappa shape index (κ2) is 17.1. The van der Waals surface area contributed by atoms with Crippen molar-refractivity contribution in [1.82, 2.24) is 19.5 Å². The number of esters is 3. The molecule has 3 heterocycles. The molecule has 1 aliphatic rings. The van der Waals surface area contributed by atoms with Gasteiger partial charge in [-0.2, -0.15) is 0 Å². The summed E-state index contributed by atoms with van der Waals surface area (Å²) in [7, 11) is 0. The molecule has 59 heavy (non-hydrogen) atoms. The van der Waals surface area contributed by atoms with Crippen molar-refractivity contribution in [2.75, 3.05) is 11.5 Å². The average molecular weight is 788 g/mol. The number of carbonyl (C=O) groups excluding carboxylic acids is 5. The highest BCUT2D eigenvalue weighted by Gasteiger charge is 2.52. The SMILES string of the molecule is O=C(OCC1OC(n2cnc3c(N(C(=O)c4ccccc4)C(=O)c4ccccc4)ncnc32)C(OC(=O)c2ccccc2)C1OC(=O)c1ccccc1)c1ccccc1. The van der Waals surface area contributed by atoms with Gasteiger partial charge in [-0.15, -0.1) is 0 Å². The predicted octanol–water partition coefficient (Wildman–Crippen LogP) is 6.52. The van der Waals surface area contributed by atoms with E-state index in [2.05, 4.69) is 15.0 Å². The lowest BCUT2D eigenvalue weighted by atomic mass is 10.1. The first-order chi connectivity index (χ1) is 28.9. The normalized spacial score (nSPS) is 17.2. The number of hydrogen-bond donors (Lipinski definition) is 0. The van der Waals surface area contributed by atoms with Gasteiger partial charge in [0, 0.05) is 11.1 Å².